The quantitative estimate of drug-likeness (QED) is 0.745. The Balaban J connectivity index is 2.21. The van der Waals surface area contributed by atoms with Gasteiger partial charge in [-0.2, -0.15) is 0 Å². The molecule has 2 nitrogen and oxygen atoms in total. The Kier molecular flexibility index (Phi) is 3.95. The number of piperidine rings is 1. The standard InChI is InChI=1S/C15H21NO/c1-12-6-3-4-8-14(12)15(11-17)13-7-5-9-16(2)10-13/h3-4,6,8,11,13,15H,5,7,9-10H2,1-2H3. The number of carbonyl (C=O) groups is 1. The van der Waals surface area contributed by atoms with Crippen LogP contribution in [-0.4, -0.2) is 31.3 Å². The third kappa shape index (κ3) is 2.75. The van der Waals surface area contributed by atoms with E-state index < -0.39 is 0 Å². The van der Waals surface area contributed by atoms with Crippen molar-refractivity contribution >= 4 is 6.29 Å². The Labute approximate surface area is 104 Å². The van der Waals surface area contributed by atoms with E-state index in [1.54, 1.807) is 0 Å². The number of nitrogens with zero attached hydrogens (tertiary/aromatic N) is 1. The van der Waals surface area contributed by atoms with Gasteiger partial charge in [0.1, 0.15) is 6.29 Å². The Morgan fingerprint density at radius 2 is 2.18 bits per heavy atom. The third-order valence-corrected chi connectivity index (χ3v) is 3.86. The van der Waals surface area contributed by atoms with Gasteiger partial charge in [0.2, 0.25) is 0 Å². The molecule has 1 aliphatic heterocycles. The second-order valence-corrected chi connectivity index (χ2v) is 5.18. The molecule has 1 aromatic rings. The first-order valence-electron chi connectivity index (χ1n) is 6.41. The Morgan fingerprint density at radius 3 is 2.82 bits per heavy atom. The van der Waals surface area contributed by atoms with Crippen LogP contribution in [0.2, 0.25) is 0 Å². The van der Waals surface area contributed by atoms with Gasteiger partial charge in [0.15, 0.2) is 0 Å². The average Bonchev–Trinajstić information content (AvgIpc) is 2.33. The van der Waals surface area contributed by atoms with E-state index in [0.717, 1.165) is 19.4 Å². The van der Waals surface area contributed by atoms with Crippen molar-refractivity contribution < 1.29 is 4.79 Å². The largest absolute Gasteiger partial charge is 0.306 e. The number of hydrogen-bond donors (Lipinski definition) is 0. The minimum absolute atomic E-state index is 0.0685. The Morgan fingerprint density at radius 1 is 1.41 bits per heavy atom. The zero-order valence-electron chi connectivity index (χ0n) is 10.7. The fraction of sp³-hybridized carbons (Fsp3) is 0.533. The van der Waals surface area contributed by atoms with Crippen LogP contribution < -0.4 is 0 Å². The van der Waals surface area contributed by atoms with E-state index >= 15 is 0 Å². The van der Waals surface area contributed by atoms with Crippen LogP contribution in [0.1, 0.15) is 29.9 Å². The predicted molar refractivity (Wildman–Crippen MR) is 70.2 cm³/mol. The first-order chi connectivity index (χ1) is 8.22. The lowest BCUT2D eigenvalue weighted by atomic mass is 9.80. The predicted octanol–water partition coefficient (Wildman–Crippen LogP) is 2.62. The maximum atomic E-state index is 11.4. The molecule has 0 radical (unpaired) electrons. The Bertz CT molecular complexity index is 388. The molecule has 92 valence electrons. The number of aryl methyl sites for hydroxylation is 1. The number of hydrogen-bond acceptors (Lipinski definition) is 2. The van der Waals surface area contributed by atoms with Crippen molar-refractivity contribution in [1.29, 1.82) is 0 Å². The van der Waals surface area contributed by atoms with Gasteiger partial charge in [0, 0.05) is 12.5 Å². The summed E-state index contributed by atoms with van der Waals surface area (Å²) in [7, 11) is 2.14. The number of carbonyl (C=O) groups excluding carboxylic acids is 1. The lowest BCUT2D eigenvalue weighted by molar-refractivity contribution is -0.110. The number of aldehydes is 1. The first-order valence-corrected chi connectivity index (χ1v) is 6.41. The molecule has 1 saturated heterocycles. The smallest absolute Gasteiger partial charge is 0.127 e. The monoisotopic (exact) mass is 231 g/mol. The normalized spacial score (nSPS) is 23.3. The van der Waals surface area contributed by atoms with Crippen molar-refractivity contribution in [3.05, 3.63) is 35.4 Å². The molecule has 2 unspecified atom stereocenters. The summed E-state index contributed by atoms with van der Waals surface area (Å²) in [6.45, 7) is 4.30. The van der Waals surface area contributed by atoms with Gasteiger partial charge in [-0.3, -0.25) is 0 Å². The molecule has 2 heteroatoms. The summed E-state index contributed by atoms with van der Waals surface area (Å²) in [5.74, 6) is 0.547. The molecule has 0 amide bonds. The van der Waals surface area contributed by atoms with E-state index in [2.05, 4.69) is 31.0 Å². The summed E-state index contributed by atoms with van der Waals surface area (Å²) < 4.78 is 0. The molecule has 2 atom stereocenters. The summed E-state index contributed by atoms with van der Waals surface area (Å²) in [4.78, 5) is 13.8. The lowest BCUT2D eigenvalue weighted by Crippen LogP contribution is -2.35. The molecule has 0 bridgehead atoms. The maximum Gasteiger partial charge on any atom is 0.127 e. The summed E-state index contributed by atoms with van der Waals surface area (Å²) in [6, 6.07) is 8.26. The second-order valence-electron chi connectivity index (χ2n) is 5.18. The molecule has 0 spiro atoms. The number of benzene rings is 1. The molecule has 2 rings (SSSR count). The lowest BCUT2D eigenvalue weighted by Gasteiger charge is -2.33. The molecule has 1 aliphatic rings. The average molecular weight is 231 g/mol. The van der Waals surface area contributed by atoms with Gasteiger partial charge in [0.25, 0.3) is 0 Å². The molecule has 0 N–H and O–H groups in total. The molecular formula is C15H21NO. The van der Waals surface area contributed by atoms with Crippen molar-refractivity contribution in [2.24, 2.45) is 5.92 Å². The van der Waals surface area contributed by atoms with Crippen molar-refractivity contribution in [3.8, 4) is 0 Å². The second kappa shape index (κ2) is 5.46. The Hall–Kier alpha value is -1.15. The van der Waals surface area contributed by atoms with Crippen LogP contribution in [0.25, 0.3) is 0 Å². The highest BCUT2D eigenvalue weighted by Gasteiger charge is 2.27. The highest BCUT2D eigenvalue weighted by Crippen LogP contribution is 2.31. The highest BCUT2D eigenvalue weighted by atomic mass is 16.1. The minimum Gasteiger partial charge on any atom is -0.306 e. The van der Waals surface area contributed by atoms with Crippen molar-refractivity contribution in [2.75, 3.05) is 20.1 Å². The molecule has 17 heavy (non-hydrogen) atoms. The van der Waals surface area contributed by atoms with Crippen LogP contribution in [-0.2, 0) is 4.79 Å². The molecule has 1 fully saturated rings. The molecule has 0 saturated carbocycles. The fourth-order valence-corrected chi connectivity index (χ4v) is 2.90. The summed E-state index contributed by atoms with van der Waals surface area (Å²) in [5, 5.41) is 0. The van der Waals surface area contributed by atoms with E-state index in [9.17, 15) is 4.79 Å². The van der Waals surface area contributed by atoms with Crippen LogP contribution in [0.15, 0.2) is 24.3 Å². The van der Waals surface area contributed by atoms with Gasteiger partial charge >= 0.3 is 0 Å². The van der Waals surface area contributed by atoms with Gasteiger partial charge in [-0.25, -0.2) is 0 Å². The van der Waals surface area contributed by atoms with E-state index in [1.807, 2.05) is 12.1 Å². The topological polar surface area (TPSA) is 20.3 Å². The van der Waals surface area contributed by atoms with Crippen LogP contribution in [0.3, 0.4) is 0 Å². The molecule has 0 aromatic heterocycles. The van der Waals surface area contributed by atoms with Crippen LogP contribution in [0.5, 0.6) is 0 Å². The van der Waals surface area contributed by atoms with E-state index in [4.69, 9.17) is 0 Å². The maximum absolute atomic E-state index is 11.4. The summed E-state index contributed by atoms with van der Waals surface area (Å²) in [6.07, 6.45) is 3.52. The highest BCUT2D eigenvalue weighted by molar-refractivity contribution is 5.64. The third-order valence-electron chi connectivity index (χ3n) is 3.86. The van der Waals surface area contributed by atoms with Crippen molar-refractivity contribution in [3.63, 3.8) is 0 Å². The first kappa shape index (κ1) is 12.3. The van der Waals surface area contributed by atoms with Crippen LogP contribution in [0.4, 0.5) is 0 Å². The van der Waals surface area contributed by atoms with Gasteiger partial charge < -0.3 is 9.69 Å². The van der Waals surface area contributed by atoms with Gasteiger partial charge in [0.05, 0.1) is 0 Å². The van der Waals surface area contributed by atoms with Crippen LogP contribution in [0, 0.1) is 12.8 Å². The minimum atomic E-state index is 0.0685. The zero-order valence-corrected chi connectivity index (χ0v) is 10.7. The SMILES string of the molecule is Cc1ccccc1C(C=O)C1CCCN(C)C1. The molecular weight excluding hydrogens is 210 g/mol. The van der Waals surface area contributed by atoms with Crippen molar-refractivity contribution in [1.82, 2.24) is 4.90 Å². The van der Waals surface area contributed by atoms with Gasteiger partial charge in [-0.05, 0) is 50.4 Å². The number of likely N-dealkylation sites (tertiary alicyclic amines) is 1. The number of rotatable bonds is 3. The molecule has 1 heterocycles. The van der Waals surface area contributed by atoms with Crippen LogP contribution >= 0.6 is 0 Å². The van der Waals surface area contributed by atoms with Gasteiger partial charge in [-0.1, -0.05) is 24.3 Å². The van der Waals surface area contributed by atoms with E-state index in [0.29, 0.717) is 5.92 Å². The summed E-state index contributed by atoms with van der Waals surface area (Å²) in [5.41, 5.74) is 2.45. The summed E-state index contributed by atoms with van der Waals surface area (Å²) >= 11 is 0. The van der Waals surface area contributed by atoms with E-state index in [1.165, 1.54) is 24.0 Å². The molecule has 1 aromatic carbocycles. The van der Waals surface area contributed by atoms with Crippen molar-refractivity contribution in [2.45, 2.75) is 25.7 Å². The zero-order chi connectivity index (χ0) is 12.3. The fourth-order valence-electron chi connectivity index (χ4n) is 2.90. The van der Waals surface area contributed by atoms with E-state index in [-0.39, 0.29) is 5.92 Å². The van der Waals surface area contributed by atoms with Gasteiger partial charge in [-0.15, -0.1) is 0 Å². The molecule has 0 aliphatic carbocycles.